The Morgan fingerprint density at radius 1 is 0.830 bits per heavy atom. The van der Waals surface area contributed by atoms with Gasteiger partial charge in [-0.05, 0) is 70.2 Å². The summed E-state index contributed by atoms with van der Waals surface area (Å²) in [7, 11) is 3.26. The van der Waals surface area contributed by atoms with Gasteiger partial charge in [0.1, 0.15) is 12.4 Å². The molecule has 0 radical (unpaired) electrons. The number of methoxy groups -OCH3 is 2. The summed E-state index contributed by atoms with van der Waals surface area (Å²) in [6.45, 7) is 0.416. The minimum absolute atomic E-state index is 0.0807. The van der Waals surface area contributed by atoms with Gasteiger partial charge in [-0.25, -0.2) is 4.99 Å². The van der Waals surface area contributed by atoms with E-state index in [0.29, 0.717) is 27.4 Å². The van der Waals surface area contributed by atoms with Gasteiger partial charge in [0, 0.05) is 11.1 Å². The SMILES string of the molecule is COc1ccc([C@H]2C3=C(N=c4s/c(=C\c5ccccc5OCc5cccc6ccccc56)c(=O)n42)c2ccccc2CC3)cc1OC. The molecule has 6 aromatic rings. The van der Waals surface area contributed by atoms with E-state index in [-0.39, 0.29) is 11.6 Å². The van der Waals surface area contributed by atoms with Crippen molar-refractivity contribution < 1.29 is 14.2 Å². The number of fused-ring (bicyclic) bond motifs is 4. The van der Waals surface area contributed by atoms with Crippen molar-refractivity contribution in [2.45, 2.75) is 25.5 Å². The number of aromatic nitrogens is 1. The highest BCUT2D eigenvalue weighted by atomic mass is 32.1. The summed E-state index contributed by atoms with van der Waals surface area (Å²) in [4.78, 5) is 20.2. The van der Waals surface area contributed by atoms with Gasteiger partial charge in [-0.3, -0.25) is 9.36 Å². The Balaban J connectivity index is 1.25. The minimum Gasteiger partial charge on any atom is -0.493 e. The van der Waals surface area contributed by atoms with Crippen molar-refractivity contribution in [1.29, 1.82) is 0 Å². The van der Waals surface area contributed by atoms with E-state index in [1.807, 2.05) is 65.2 Å². The first-order valence-corrected chi connectivity index (χ1v) is 16.5. The number of ether oxygens (including phenoxy) is 3. The molecule has 1 aliphatic carbocycles. The Morgan fingerprint density at radius 2 is 1.62 bits per heavy atom. The second kappa shape index (κ2) is 12.1. The fourth-order valence-electron chi connectivity index (χ4n) is 6.79. The molecular weight excluding hydrogens is 605 g/mol. The van der Waals surface area contributed by atoms with E-state index < -0.39 is 0 Å². The number of para-hydroxylation sites is 1. The van der Waals surface area contributed by atoms with Gasteiger partial charge in [-0.2, -0.15) is 0 Å². The van der Waals surface area contributed by atoms with Crippen LogP contribution in [0.1, 0.15) is 40.3 Å². The van der Waals surface area contributed by atoms with Gasteiger partial charge in [0.2, 0.25) is 0 Å². The maximum absolute atomic E-state index is 14.4. The molecule has 5 aromatic carbocycles. The predicted octanol–water partition coefficient (Wildman–Crippen LogP) is 7.07. The number of nitrogens with zero attached hydrogens (tertiary/aromatic N) is 2. The molecule has 1 aliphatic heterocycles. The van der Waals surface area contributed by atoms with Crippen LogP contribution in [0.4, 0.5) is 0 Å². The van der Waals surface area contributed by atoms with Gasteiger partial charge in [0.05, 0.1) is 30.5 Å². The molecule has 0 fully saturated rings. The molecule has 0 amide bonds. The molecule has 0 N–H and O–H groups in total. The van der Waals surface area contributed by atoms with E-state index in [0.717, 1.165) is 52.1 Å². The monoisotopic (exact) mass is 636 g/mol. The lowest BCUT2D eigenvalue weighted by molar-refractivity contribution is 0.307. The molecule has 0 saturated carbocycles. The van der Waals surface area contributed by atoms with Crippen LogP contribution in [0.5, 0.6) is 17.2 Å². The molecule has 232 valence electrons. The van der Waals surface area contributed by atoms with Gasteiger partial charge in [0.15, 0.2) is 16.3 Å². The highest BCUT2D eigenvalue weighted by molar-refractivity contribution is 7.07. The van der Waals surface area contributed by atoms with Crippen LogP contribution in [0.3, 0.4) is 0 Å². The van der Waals surface area contributed by atoms with Crippen LogP contribution in [0.15, 0.2) is 125 Å². The molecule has 47 heavy (non-hydrogen) atoms. The smallest absolute Gasteiger partial charge is 0.271 e. The van der Waals surface area contributed by atoms with E-state index >= 15 is 0 Å². The third kappa shape index (κ3) is 5.13. The lowest BCUT2D eigenvalue weighted by atomic mass is 9.83. The normalized spacial score (nSPS) is 15.4. The fourth-order valence-corrected chi connectivity index (χ4v) is 7.78. The predicted molar refractivity (Wildman–Crippen MR) is 187 cm³/mol. The zero-order valence-corrected chi connectivity index (χ0v) is 26.9. The Kier molecular flexibility index (Phi) is 7.46. The Labute approximate surface area is 276 Å². The molecule has 7 heteroatoms. The van der Waals surface area contributed by atoms with Crippen molar-refractivity contribution in [2.75, 3.05) is 14.2 Å². The maximum Gasteiger partial charge on any atom is 0.271 e. The number of aryl methyl sites for hydroxylation is 1. The van der Waals surface area contributed by atoms with Gasteiger partial charge in [-0.1, -0.05) is 102 Å². The van der Waals surface area contributed by atoms with E-state index in [1.165, 1.54) is 27.7 Å². The first-order chi connectivity index (χ1) is 23.1. The highest BCUT2D eigenvalue weighted by Crippen LogP contribution is 2.42. The van der Waals surface area contributed by atoms with Crippen LogP contribution in [-0.4, -0.2) is 18.8 Å². The van der Waals surface area contributed by atoms with Crippen molar-refractivity contribution in [3.8, 4) is 17.2 Å². The summed E-state index contributed by atoms with van der Waals surface area (Å²) in [6, 6.07) is 36.5. The van der Waals surface area contributed by atoms with Crippen molar-refractivity contribution in [2.24, 2.45) is 4.99 Å². The van der Waals surface area contributed by atoms with E-state index in [9.17, 15) is 4.79 Å². The van der Waals surface area contributed by atoms with Crippen molar-refractivity contribution in [1.82, 2.24) is 4.57 Å². The lowest BCUT2D eigenvalue weighted by Crippen LogP contribution is -2.38. The Hall–Kier alpha value is -5.40. The molecule has 1 aromatic heterocycles. The summed E-state index contributed by atoms with van der Waals surface area (Å²) in [6.07, 6.45) is 3.63. The second-order valence-corrected chi connectivity index (χ2v) is 12.7. The number of rotatable bonds is 7. The number of benzene rings is 5. The van der Waals surface area contributed by atoms with Gasteiger partial charge < -0.3 is 14.2 Å². The fraction of sp³-hybridized carbons (Fsp3) is 0.150. The number of thiazole rings is 1. The zero-order chi connectivity index (χ0) is 31.9. The van der Waals surface area contributed by atoms with Gasteiger partial charge >= 0.3 is 0 Å². The zero-order valence-electron chi connectivity index (χ0n) is 26.1. The summed E-state index contributed by atoms with van der Waals surface area (Å²) in [5.41, 5.74) is 7.32. The van der Waals surface area contributed by atoms with Gasteiger partial charge in [-0.15, -0.1) is 0 Å². The van der Waals surface area contributed by atoms with Crippen LogP contribution in [-0.2, 0) is 13.0 Å². The van der Waals surface area contributed by atoms with Crippen molar-refractivity contribution in [3.63, 3.8) is 0 Å². The molecule has 0 spiro atoms. The molecular formula is C40H32N2O4S. The number of hydrogen-bond acceptors (Lipinski definition) is 6. The van der Waals surface area contributed by atoms with E-state index in [2.05, 4.69) is 54.6 Å². The van der Waals surface area contributed by atoms with Crippen molar-refractivity contribution in [3.05, 3.63) is 162 Å². The Bertz CT molecular complexity index is 2380. The summed E-state index contributed by atoms with van der Waals surface area (Å²) in [5, 5.41) is 2.35. The first kappa shape index (κ1) is 29.0. The third-order valence-corrected chi connectivity index (χ3v) is 10.0. The number of hydrogen-bond donors (Lipinski definition) is 0. The molecule has 6 nitrogen and oxygen atoms in total. The van der Waals surface area contributed by atoms with E-state index in [1.54, 1.807) is 14.2 Å². The second-order valence-electron chi connectivity index (χ2n) is 11.7. The van der Waals surface area contributed by atoms with E-state index in [4.69, 9.17) is 19.2 Å². The molecule has 1 atom stereocenters. The van der Waals surface area contributed by atoms with Crippen LogP contribution in [0, 0.1) is 0 Å². The maximum atomic E-state index is 14.4. The molecule has 2 aliphatic rings. The summed E-state index contributed by atoms with van der Waals surface area (Å²) < 4.78 is 20.1. The van der Waals surface area contributed by atoms with Gasteiger partial charge in [0.25, 0.3) is 5.56 Å². The van der Waals surface area contributed by atoms with Crippen LogP contribution in [0.2, 0.25) is 0 Å². The summed E-state index contributed by atoms with van der Waals surface area (Å²) >= 11 is 1.41. The third-order valence-electron chi connectivity index (χ3n) is 9.07. The molecule has 0 unspecified atom stereocenters. The molecule has 0 saturated heterocycles. The van der Waals surface area contributed by atoms with Crippen LogP contribution >= 0.6 is 11.3 Å². The lowest BCUT2D eigenvalue weighted by Gasteiger charge is -2.31. The summed E-state index contributed by atoms with van der Waals surface area (Å²) in [5.74, 6) is 1.99. The minimum atomic E-state index is -0.325. The van der Waals surface area contributed by atoms with Crippen LogP contribution < -0.4 is 29.1 Å². The molecule has 8 rings (SSSR count). The number of allylic oxidation sites excluding steroid dienone is 1. The van der Waals surface area contributed by atoms with Crippen LogP contribution in [0.25, 0.3) is 22.5 Å². The standard InChI is InChI=1S/C40H32N2O4S/c1-44-34-21-19-28(22-35(34)45-2)38-32-20-18-26-11-4-7-16-31(26)37(32)41-40-42(38)39(43)36(47-40)23-27-12-5-8-17-33(27)46-24-29-14-9-13-25-10-3-6-15-30(25)29/h3-17,19,21-23,38H,18,20,24H2,1-2H3/b36-23-/t38-/m0/s1. The average molecular weight is 637 g/mol. The first-order valence-electron chi connectivity index (χ1n) is 15.7. The highest BCUT2D eigenvalue weighted by Gasteiger charge is 2.33. The topological polar surface area (TPSA) is 62.0 Å². The largest absolute Gasteiger partial charge is 0.493 e. The average Bonchev–Trinajstić information content (AvgIpc) is 3.43. The van der Waals surface area contributed by atoms with Crippen molar-refractivity contribution >= 4 is 33.9 Å². The molecule has 2 heterocycles. The molecule has 0 bridgehead atoms. The quantitative estimate of drug-likeness (QED) is 0.188. The Morgan fingerprint density at radius 3 is 2.51 bits per heavy atom.